The Hall–Kier alpha value is -2.11. The van der Waals surface area contributed by atoms with Gasteiger partial charge in [0.05, 0.1) is 12.4 Å². The molecule has 23 heavy (non-hydrogen) atoms. The zero-order valence-corrected chi connectivity index (χ0v) is 13.5. The van der Waals surface area contributed by atoms with E-state index >= 15 is 0 Å². The molecule has 0 radical (unpaired) electrons. The van der Waals surface area contributed by atoms with Crippen molar-refractivity contribution in [3.05, 3.63) is 70.8 Å². The van der Waals surface area contributed by atoms with Crippen molar-refractivity contribution in [2.45, 2.75) is 32.6 Å². The lowest BCUT2D eigenvalue weighted by Crippen LogP contribution is -2.48. The summed E-state index contributed by atoms with van der Waals surface area (Å²) < 4.78 is 0. The van der Waals surface area contributed by atoms with Crippen LogP contribution in [0.3, 0.4) is 0 Å². The largest absolute Gasteiger partial charge is 0.475 e. The number of rotatable bonds is 6. The Morgan fingerprint density at radius 2 is 1.74 bits per heavy atom. The van der Waals surface area contributed by atoms with Crippen LogP contribution < -0.4 is 5.32 Å². The minimum absolute atomic E-state index is 0.219. The molecule has 3 N–H and O–H groups in total. The van der Waals surface area contributed by atoms with Gasteiger partial charge in [0.2, 0.25) is 5.91 Å². The van der Waals surface area contributed by atoms with E-state index in [1.54, 1.807) is 0 Å². The number of aryl methyl sites for hydroxylation is 2. The monoisotopic (exact) mass is 311 g/mol. The van der Waals surface area contributed by atoms with Gasteiger partial charge in [-0.05, 0) is 42.5 Å². The molecule has 5 heteroatoms. The minimum atomic E-state index is -1.60. The fraction of sp³-hybridized carbons (Fsp3) is 0.278. The van der Waals surface area contributed by atoms with Gasteiger partial charge in [-0.1, -0.05) is 48.5 Å². The summed E-state index contributed by atoms with van der Waals surface area (Å²) in [6.07, 6.45) is 0.594. The summed E-state index contributed by atoms with van der Waals surface area (Å²) in [7, 11) is -1.60. The van der Waals surface area contributed by atoms with Crippen LogP contribution in [0.25, 0.3) is 0 Å². The fourth-order valence-corrected chi connectivity index (χ4v) is 2.45. The number of carbonyl (C=O) groups excluding carboxylic acids is 1. The summed E-state index contributed by atoms with van der Waals surface area (Å²) in [5, 5.41) is 21.8. The minimum Gasteiger partial charge on any atom is -0.426 e. The van der Waals surface area contributed by atoms with Crippen molar-refractivity contribution in [2.75, 3.05) is 0 Å². The standard InChI is InChI=1S/C18H22BNO3/c1-13-8-9-16(10-14(13)2)11-17(19(22)23)20-18(21)12-15-6-4-3-5-7-15/h3-10,17,22-23H,11-12H2,1-2H3,(H,20,21)/t17-/m0/s1. The molecule has 1 atom stereocenters. The molecule has 0 heterocycles. The van der Waals surface area contributed by atoms with Crippen LogP contribution >= 0.6 is 0 Å². The van der Waals surface area contributed by atoms with Crippen molar-refractivity contribution in [3.63, 3.8) is 0 Å². The second-order valence-electron chi connectivity index (χ2n) is 5.87. The quantitative estimate of drug-likeness (QED) is 0.710. The van der Waals surface area contributed by atoms with Crippen LogP contribution in [0.5, 0.6) is 0 Å². The van der Waals surface area contributed by atoms with Crippen molar-refractivity contribution < 1.29 is 14.8 Å². The molecule has 4 nitrogen and oxygen atoms in total. The lowest BCUT2D eigenvalue weighted by Gasteiger charge is -2.18. The van der Waals surface area contributed by atoms with E-state index in [1.165, 1.54) is 5.56 Å². The number of carbonyl (C=O) groups is 1. The average molecular weight is 311 g/mol. The van der Waals surface area contributed by atoms with Gasteiger partial charge < -0.3 is 15.4 Å². The van der Waals surface area contributed by atoms with Gasteiger partial charge in [0.1, 0.15) is 0 Å². The number of nitrogens with one attached hydrogen (secondary N) is 1. The lowest BCUT2D eigenvalue weighted by molar-refractivity contribution is -0.120. The third-order valence-electron chi connectivity index (χ3n) is 3.94. The van der Waals surface area contributed by atoms with Crippen molar-refractivity contribution in [3.8, 4) is 0 Å². The van der Waals surface area contributed by atoms with Crippen LogP contribution in [-0.2, 0) is 17.6 Å². The molecule has 0 aliphatic rings. The van der Waals surface area contributed by atoms with E-state index in [9.17, 15) is 14.8 Å². The van der Waals surface area contributed by atoms with Crippen LogP contribution in [0, 0.1) is 13.8 Å². The fourth-order valence-electron chi connectivity index (χ4n) is 2.45. The summed E-state index contributed by atoms with van der Waals surface area (Å²) in [5.41, 5.74) is 4.18. The van der Waals surface area contributed by atoms with Gasteiger partial charge in [-0.25, -0.2) is 0 Å². The molecule has 120 valence electrons. The number of benzene rings is 2. The highest BCUT2D eigenvalue weighted by Gasteiger charge is 2.25. The number of hydrogen-bond acceptors (Lipinski definition) is 3. The predicted octanol–water partition coefficient (Wildman–Crippen LogP) is 1.59. The van der Waals surface area contributed by atoms with E-state index in [0.717, 1.165) is 16.7 Å². The second kappa shape index (κ2) is 7.95. The Kier molecular flexibility index (Phi) is 5.96. The molecule has 0 aliphatic heterocycles. The van der Waals surface area contributed by atoms with Gasteiger partial charge in [-0.3, -0.25) is 4.79 Å². The highest BCUT2D eigenvalue weighted by Crippen LogP contribution is 2.12. The molecule has 2 rings (SSSR count). The first-order chi connectivity index (χ1) is 11.0. The number of amides is 1. The summed E-state index contributed by atoms with van der Waals surface area (Å²) in [5.74, 6) is -0.952. The van der Waals surface area contributed by atoms with E-state index in [4.69, 9.17) is 0 Å². The summed E-state index contributed by atoms with van der Waals surface area (Å²) in [6.45, 7) is 4.04. The second-order valence-corrected chi connectivity index (χ2v) is 5.87. The molecule has 0 spiro atoms. The van der Waals surface area contributed by atoms with E-state index in [1.807, 2.05) is 62.4 Å². The molecule has 0 unspecified atom stereocenters. The SMILES string of the molecule is Cc1ccc(C[C@H](NC(=O)Cc2ccccc2)B(O)O)cc1C. The molecule has 2 aromatic carbocycles. The molecule has 1 amide bonds. The molecule has 0 fully saturated rings. The van der Waals surface area contributed by atoms with E-state index in [0.29, 0.717) is 6.42 Å². The summed E-state index contributed by atoms with van der Waals surface area (Å²) >= 11 is 0. The van der Waals surface area contributed by atoms with Crippen molar-refractivity contribution in [2.24, 2.45) is 0 Å². The lowest BCUT2D eigenvalue weighted by atomic mass is 9.75. The summed E-state index contributed by atoms with van der Waals surface area (Å²) in [4.78, 5) is 12.1. The Labute approximate surface area is 137 Å². The van der Waals surface area contributed by atoms with Crippen LogP contribution in [0.2, 0.25) is 0 Å². The highest BCUT2D eigenvalue weighted by molar-refractivity contribution is 6.43. The molecular formula is C18H22BNO3. The Morgan fingerprint density at radius 1 is 1.04 bits per heavy atom. The average Bonchev–Trinajstić information content (AvgIpc) is 2.51. The van der Waals surface area contributed by atoms with Crippen molar-refractivity contribution >= 4 is 13.0 Å². The molecule has 0 aliphatic carbocycles. The first-order valence-electron chi connectivity index (χ1n) is 7.71. The van der Waals surface area contributed by atoms with Crippen LogP contribution in [0.1, 0.15) is 22.3 Å². The van der Waals surface area contributed by atoms with Gasteiger partial charge in [-0.2, -0.15) is 0 Å². The maximum absolute atomic E-state index is 12.1. The maximum Gasteiger partial charge on any atom is 0.475 e. The number of hydrogen-bond donors (Lipinski definition) is 3. The van der Waals surface area contributed by atoms with E-state index < -0.39 is 13.1 Å². The van der Waals surface area contributed by atoms with E-state index in [2.05, 4.69) is 5.32 Å². The summed E-state index contributed by atoms with van der Waals surface area (Å²) in [6, 6.07) is 15.3. The molecule has 0 saturated heterocycles. The molecule has 0 bridgehead atoms. The first-order valence-corrected chi connectivity index (χ1v) is 7.71. The first kappa shape index (κ1) is 17.3. The van der Waals surface area contributed by atoms with Gasteiger partial charge in [0, 0.05) is 0 Å². The predicted molar refractivity (Wildman–Crippen MR) is 91.9 cm³/mol. The molecule has 2 aromatic rings. The third kappa shape index (κ3) is 5.23. The van der Waals surface area contributed by atoms with Gasteiger partial charge >= 0.3 is 7.12 Å². The maximum atomic E-state index is 12.1. The van der Waals surface area contributed by atoms with Crippen LogP contribution in [0.15, 0.2) is 48.5 Å². The highest BCUT2D eigenvalue weighted by atomic mass is 16.4. The molecule has 0 saturated carbocycles. The van der Waals surface area contributed by atoms with Gasteiger partial charge in [0.15, 0.2) is 0 Å². The Balaban J connectivity index is 2.00. The third-order valence-corrected chi connectivity index (χ3v) is 3.94. The van der Waals surface area contributed by atoms with Crippen molar-refractivity contribution in [1.82, 2.24) is 5.32 Å². The Bertz CT molecular complexity index is 659. The Morgan fingerprint density at radius 3 is 2.35 bits per heavy atom. The zero-order valence-electron chi connectivity index (χ0n) is 13.5. The van der Waals surface area contributed by atoms with Crippen molar-refractivity contribution in [1.29, 1.82) is 0 Å². The van der Waals surface area contributed by atoms with E-state index in [-0.39, 0.29) is 12.3 Å². The normalized spacial score (nSPS) is 11.8. The van der Waals surface area contributed by atoms with Gasteiger partial charge in [-0.15, -0.1) is 0 Å². The smallest absolute Gasteiger partial charge is 0.426 e. The van der Waals surface area contributed by atoms with Crippen LogP contribution in [-0.4, -0.2) is 29.0 Å². The molecular weight excluding hydrogens is 289 g/mol. The van der Waals surface area contributed by atoms with Crippen LogP contribution in [0.4, 0.5) is 0 Å². The zero-order chi connectivity index (χ0) is 16.8. The molecule has 0 aromatic heterocycles. The topological polar surface area (TPSA) is 69.6 Å². The van der Waals surface area contributed by atoms with Gasteiger partial charge in [0.25, 0.3) is 0 Å².